The van der Waals surface area contributed by atoms with Crippen LogP contribution in [0.1, 0.15) is 24.1 Å². The van der Waals surface area contributed by atoms with Crippen molar-refractivity contribution in [3.05, 3.63) is 47.7 Å². The monoisotopic (exact) mass is 339 g/mol. The molecule has 1 aliphatic rings. The second-order valence-corrected chi connectivity index (χ2v) is 7.27. The maximum Gasteiger partial charge on any atom is 0.190 e. The third kappa shape index (κ3) is 2.94. The summed E-state index contributed by atoms with van der Waals surface area (Å²) >= 11 is 1.74. The minimum Gasteiger partial charge on any atom is -0.377 e. The summed E-state index contributed by atoms with van der Waals surface area (Å²) in [6.07, 6.45) is 2.65. The highest BCUT2D eigenvalue weighted by Crippen LogP contribution is 2.31. The first-order chi connectivity index (χ1) is 11.7. The van der Waals surface area contributed by atoms with Gasteiger partial charge in [0.25, 0.3) is 0 Å². The minimum absolute atomic E-state index is 0.341. The Hall–Kier alpha value is -1.85. The highest BCUT2D eigenvalue weighted by molar-refractivity contribution is 7.99. The van der Waals surface area contributed by atoms with Gasteiger partial charge in [-0.3, -0.25) is 0 Å². The van der Waals surface area contributed by atoms with Crippen molar-refractivity contribution in [1.29, 1.82) is 0 Å². The van der Waals surface area contributed by atoms with Crippen molar-refractivity contribution in [2.75, 3.05) is 12.4 Å². The van der Waals surface area contributed by atoms with E-state index in [1.807, 2.05) is 17.5 Å². The third-order valence-electron chi connectivity index (χ3n) is 4.35. The van der Waals surface area contributed by atoms with E-state index in [1.165, 1.54) is 12.0 Å². The number of hydrogen-bond donors (Lipinski definition) is 0. The van der Waals surface area contributed by atoms with E-state index in [1.54, 1.807) is 11.8 Å². The van der Waals surface area contributed by atoms with E-state index in [4.69, 9.17) is 14.8 Å². The van der Waals surface area contributed by atoms with E-state index in [2.05, 4.69) is 37.3 Å². The van der Waals surface area contributed by atoms with Crippen molar-refractivity contribution in [2.24, 2.45) is 0 Å². The molecule has 1 atom stereocenters. The van der Waals surface area contributed by atoms with Gasteiger partial charge in [0.2, 0.25) is 0 Å². The Balaban J connectivity index is 1.78. The number of nitrogens with zero attached hydrogens (tertiary/aromatic N) is 3. The normalized spacial score (nSPS) is 17.7. The van der Waals surface area contributed by atoms with Crippen LogP contribution in [0.4, 0.5) is 0 Å². The summed E-state index contributed by atoms with van der Waals surface area (Å²) in [5.41, 5.74) is 5.46. The highest BCUT2D eigenvalue weighted by atomic mass is 32.2. The number of thioether (sulfide) groups is 1. The summed E-state index contributed by atoms with van der Waals surface area (Å²) in [6.45, 7) is 5.05. The van der Waals surface area contributed by atoms with Gasteiger partial charge in [-0.05, 0) is 38.3 Å². The lowest BCUT2D eigenvalue weighted by molar-refractivity contribution is 0.129. The van der Waals surface area contributed by atoms with Gasteiger partial charge in [0.05, 0.1) is 23.0 Å². The molecule has 1 saturated heterocycles. The first-order valence-electron chi connectivity index (χ1n) is 8.39. The van der Waals surface area contributed by atoms with Crippen molar-refractivity contribution in [3.8, 4) is 11.3 Å². The molecule has 0 N–H and O–H groups in total. The standard InChI is InChI=1S/C19H21N3OS/c1-13-11-14(2)21-22-18(13)17(15-7-4-3-5-8-15)20-19(22)24-12-16-9-6-10-23-16/h3-5,7-8,11,16H,6,9-10,12H2,1-2H3/t16-/m0/s1. The summed E-state index contributed by atoms with van der Waals surface area (Å²) in [7, 11) is 0. The molecule has 0 amide bonds. The lowest BCUT2D eigenvalue weighted by atomic mass is 10.1. The second-order valence-electron chi connectivity index (χ2n) is 6.28. The number of imidazole rings is 1. The number of fused-ring (bicyclic) bond motifs is 1. The van der Waals surface area contributed by atoms with Crippen molar-refractivity contribution < 1.29 is 4.74 Å². The summed E-state index contributed by atoms with van der Waals surface area (Å²) in [5.74, 6) is 0.933. The molecule has 1 aromatic carbocycles. The van der Waals surface area contributed by atoms with Gasteiger partial charge < -0.3 is 4.74 Å². The van der Waals surface area contributed by atoms with Crippen LogP contribution >= 0.6 is 11.8 Å². The predicted octanol–water partition coefficient (Wildman–Crippen LogP) is 4.28. The van der Waals surface area contributed by atoms with Crippen LogP contribution in [0.3, 0.4) is 0 Å². The van der Waals surface area contributed by atoms with Crippen LogP contribution in [0.5, 0.6) is 0 Å². The molecular weight excluding hydrogens is 318 g/mol. The van der Waals surface area contributed by atoms with Crippen LogP contribution in [0.25, 0.3) is 16.8 Å². The summed E-state index contributed by atoms with van der Waals surface area (Å²) in [4.78, 5) is 4.93. The molecule has 0 aliphatic carbocycles. The molecule has 1 aliphatic heterocycles. The molecule has 1 fully saturated rings. The lowest BCUT2D eigenvalue weighted by Gasteiger charge is -2.08. The molecule has 0 spiro atoms. The summed E-state index contributed by atoms with van der Waals surface area (Å²) < 4.78 is 7.75. The maximum atomic E-state index is 5.75. The lowest BCUT2D eigenvalue weighted by Crippen LogP contribution is -2.08. The Morgan fingerprint density at radius 1 is 1.25 bits per heavy atom. The van der Waals surface area contributed by atoms with Gasteiger partial charge in [0.15, 0.2) is 5.16 Å². The van der Waals surface area contributed by atoms with Crippen LogP contribution < -0.4 is 0 Å². The fourth-order valence-corrected chi connectivity index (χ4v) is 4.25. The second kappa shape index (κ2) is 6.57. The SMILES string of the molecule is Cc1cc(C)c2c(-c3ccccc3)nc(SC[C@@H]3CCCO3)n2n1. The average molecular weight is 339 g/mol. The molecule has 3 aromatic rings. The Labute approximate surface area is 146 Å². The van der Waals surface area contributed by atoms with Gasteiger partial charge in [-0.1, -0.05) is 42.1 Å². The maximum absolute atomic E-state index is 5.75. The van der Waals surface area contributed by atoms with E-state index in [0.717, 1.165) is 46.4 Å². The number of aromatic nitrogens is 3. The zero-order valence-electron chi connectivity index (χ0n) is 14.0. The molecule has 3 heterocycles. The number of ether oxygens (including phenoxy) is 1. The van der Waals surface area contributed by atoms with Gasteiger partial charge >= 0.3 is 0 Å². The molecule has 0 radical (unpaired) electrons. The summed E-state index contributed by atoms with van der Waals surface area (Å²) in [6, 6.07) is 12.5. The molecule has 4 rings (SSSR count). The highest BCUT2D eigenvalue weighted by Gasteiger charge is 2.20. The number of benzene rings is 1. The van der Waals surface area contributed by atoms with Crippen molar-refractivity contribution in [3.63, 3.8) is 0 Å². The molecule has 124 valence electrons. The van der Waals surface area contributed by atoms with Crippen LogP contribution in [0.15, 0.2) is 41.6 Å². The zero-order valence-corrected chi connectivity index (χ0v) is 14.8. The topological polar surface area (TPSA) is 39.4 Å². The number of rotatable bonds is 4. The van der Waals surface area contributed by atoms with Crippen LogP contribution in [0, 0.1) is 13.8 Å². The van der Waals surface area contributed by atoms with Gasteiger partial charge in [-0.2, -0.15) is 5.10 Å². The van der Waals surface area contributed by atoms with E-state index in [-0.39, 0.29) is 0 Å². The smallest absolute Gasteiger partial charge is 0.190 e. The largest absolute Gasteiger partial charge is 0.377 e. The summed E-state index contributed by atoms with van der Waals surface area (Å²) in [5, 5.41) is 5.67. The Morgan fingerprint density at radius 2 is 2.08 bits per heavy atom. The zero-order chi connectivity index (χ0) is 16.5. The molecular formula is C19H21N3OS. The molecule has 24 heavy (non-hydrogen) atoms. The molecule has 5 heteroatoms. The molecule has 0 saturated carbocycles. The van der Waals surface area contributed by atoms with Gasteiger partial charge in [-0.15, -0.1) is 0 Å². The quantitative estimate of drug-likeness (QED) is 0.665. The Bertz CT molecular complexity index is 854. The molecule has 4 nitrogen and oxygen atoms in total. The Kier molecular flexibility index (Phi) is 4.29. The van der Waals surface area contributed by atoms with Crippen LogP contribution in [-0.2, 0) is 4.74 Å². The van der Waals surface area contributed by atoms with E-state index >= 15 is 0 Å². The van der Waals surface area contributed by atoms with Crippen molar-refractivity contribution in [1.82, 2.24) is 14.6 Å². The van der Waals surface area contributed by atoms with E-state index in [9.17, 15) is 0 Å². The van der Waals surface area contributed by atoms with E-state index in [0.29, 0.717) is 6.10 Å². The van der Waals surface area contributed by atoms with Crippen LogP contribution in [-0.4, -0.2) is 33.1 Å². The third-order valence-corrected chi connectivity index (χ3v) is 5.41. The average Bonchev–Trinajstić information content (AvgIpc) is 3.21. The Morgan fingerprint density at radius 3 is 2.83 bits per heavy atom. The van der Waals surface area contributed by atoms with Gasteiger partial charge in [0.1, 0.15) is 0 Å². The molecule has 0 bridgehead atoms. The van der Waals surface area contributed by atoms with Gasteiger partial charge in [0, 0.05) is 17.9 Å². The molecule has 0 unspecified atom stereocenters. The van der Waals surface area contributed by atoms with Gasteiger partial charge in [-0.25, -0.2) is 9.50 Å². The fourth-order valence-electron chi connectivity index (χ4n) is 3.24. The predicted molar refractivity (Wildman–Crippen MR) is 97.6 cm³/mol. The number of aryl methyl sites for hydroxylation is 2. The van der Waals surface area contributed by atoms with Crippen LogP contribution in [0.2, 0.25) is 0 Å². The van der Waals surface area contributed by atoms with E-state index < -0.39 is 0 Å². The first kappa shape index (κ1) is 15.7. The minimum atomic E-state index is 0.341. The molecule has 2 aromatic heterocycles. The van der Waals surface area contributed by atoms with Crippen molar-refractivity contribution >= 4 is 17.3 Å². The first-order valence-corrected chi connectivity index (χ1v) is 9.38. The fraction of sp³-hybridized carbons (Fsp3) is 0.368. The van der Waals surface area contributed by atoms with Crippen molar-refractivity contribution in [2.45, 2.75) is 37.9 Å². The number of hydrogen-bond acceptors (Lipinski definition) is 4.